The van der Waals surface area contributed by atoms with Crippen molar-refractivity contribution in [2.45, 2.75) is 25.8 Å². The lowest BCUT2D eigenvalue weighted by Gasteiger charge is -2.34. The van der Waals surface area contributed by atoms with Crippen molar-refractivity contribution in [3.05, 3.63) is 28.8 Å². The van der Waals surface area contributed by atoms with E-state index in [4.69, 9.17) is 11.6 Å². The zero-order chi connectivity index (χ0) is 11.5. The van der Waals surface area contributed by atoms with Crippen LogP contribution < -0.4 is 10.2 Å². The normalized spacial score (nSPS) is 17.8. The highest BCUT2D eigenvalue weighted by Gasteiger charge is 2.19. The summed E-state index contributed by atoms with van der Waals surface area (Å²) < 4.78 is 0. The number of nitrogens with one attached hydrogen (secondary N) is 1. The van der Waals surface area contributed by atoms with Crippen molar-refractivity contribution < 1.29 is 0 Å². The highest BCUT2D eigenvalue weighted by Crippen LogP contribution is 2.29. The average molecular weight is 239 g/mol. The molecule has 3 heteroatoms. The van der Waals surface area contributed by atoms with Crippen molar-refractivity contribution in [1.82, 2.24) is 5.32 Å². The van der Waals surface area contributed by atoms with Gasteiger partial charge in [-0.3, -0.25) is 0 Å². The molecule has 0 saturated carbocycles. The van der Waals surface area contributed by atoms with Gasteiger partial charge in [0.1, 0.15) is 0 Å². The first-order chi connectivity index (χ1) is 7.70. The van der Waals surface area contributed by atoms with E-state index in [2.05, 4.69) is 29.3 Å². The first-order valence-corrected chi connectivity index (χ1v) is 6.27. The number of rotatable bonds is 2. The predicted octanol–water partition coefficient (Wildman–Crippen LogP) is 2.84. The average Bonchev–Trinajstić information content (AvgIpc) is 2.32. The van der Waals surface area contributed by atoms with Gasteiger partial charge in [0.2, 0.25) is 0 Å². The van der Waals surface area contributed by atoms with E-state index in [0.29, 0.717) is 6.04 Å². The Morgan fingerprint density at radius 3 is 2.62 bits per heavy atom. The predicted molar refractivity (Wildman–Crippen MR) is 70.5 cm³/mol. The second-order valence-electron chi connectivity index (χ2n) is 4.50. The molecule has 1 fully saturated rings. The monoisotopic (exact) mass is 238 g/mol. The Morgan fingerprint density at radius 2 is 2.00 bits per heavy atom. The summed E-state index contributed by atoms with van der Waals surface area (Å²) in [6, 6.07) is 6.91. The fraction of sp³-hybridized carbons (Fsp3) is 0.538. The maximum absolute atomic E-state index is 6.24. The van der Waals surface area contributed by atoms with Gasteiger partial charge in [0.25, 0.3) is 0 Å². The molecule has 88 valence electrons. The maximum Gasteiger partial charge on any atom is 0.0639 e. The minimum atomic E-state index is 0.667. The molecule has 0 spiro atoms. The molecule has 16 heavy (non-hydrogen) atoms. The van der Waals surface area contributed by atoms with Crippen molar-refractivity contribution >= 4 is 17.3 Å². The van der Waals surface area contributed by atoms with Crippen LogP contribution >= 0.6 is 11.6 Å². The van der Waals surface area contributed by atoms with E-state index in [9.17, 15) is 0 Å². The van der Waals surface area contributed by atoms with Gasteiger partial charge in [-0.2, -0.15) is 0 Å². The lowest BCUT2D eigenvalue weighted by atomic mass is 10.0. The Labute approximate surface area is 103 Å². The van der Waals surface area contributed by atoms with Gasteiger partial charge in [-0.05, 0) is 44.5 Å². The first kappa shape index (κ1) is 11.7. The van der Waals surface area contributed by atoms with Crippen molar-refractivity contribution in [3.8, 4) is 0 Å². The largest absolute Gasteiger partial charge is 0.370 e. The van der Waals surface area contributed by atoms with E-state index < -0.39 is 0 Å². The van der Waals surface area contributed by atoms with Crippen LogP contribution in [0, 0.1) is 6.92 Å². The molecule has 1 aromatic rings. The van der Waals surface area contributed by atoms with E-state index in [1.807, 2.05) is 13.1 Å². The van der Waals surface area contributed by atoms with E-state index in [0.717, 1.165) is 18.1 Å². The van der Waals surface area contributed by atoms with Crippen LogP contribution in [0.4, 0.5) is 5.69 Å². The molecule has 0 aromatic heterocycles. The van der Waals surface area contributed by atoms with Gasteiger partial charge in [-0.25, -0.2) is 0 Å². The fourth-order valence-electron chi connectivity index (χ4n) is 2.27. The smallest absolute Gasteiger partial charge is 0.0639 e. The van der Waals surface area contributed by atoms with Gasteiger partial charge in [-0.1, -0.05) is 17.7 Å². The molecule has 0 atom stereocenters. The van der Waals surface area contributed by atoms with E-state index in [1.54, 1.807) is 0 Å². The molecule has 0 amide bonds. The van der Waals surface area contributed by atoms with Gasteiger partial charge < -0.3 is 10.2 Å². The van der Waals surface area contributed by atoms with Crippen LogP contribution in [0.25, 0.3) is 0 Å². The molecular formula is C13H19ClN2. The summed E-state index contributed by atoms with van der Waals surface area (Å²) in [6.45, 7) is 4.30. The van der Waals surface area contributed by atoms with Crippen molar-refractivity contribution in [1.29, 1.82) is 0 Å². The summed E-state index contributed by atoms with van der Waals surface area (Å²) in [5.41, 5.74) is 2.46. The third-order valence-corrected chi connectivity index (χ3v) is 3.67. The summed E-state index contributed by atoms with van der Waals surface area (Å²) in [5, 5.41) is 4.21. The van der Waals surface area contributed by atoms with Gasteiger partial charge in [0.05, 0.1) is 10.7 Å². The second kappa shape index (κ2) is 5.07. The van der Waals surface area contributed by atoms with Crippen LogP contribution in [0.2, 0.25) is 5.02 Å². The van der Waals surface area contributed by atoms with Crippen molar-refractivity contribution in [3.63, 3.8) is 0 Å². The topological polar surface area (TPSA) is 15.3 Å². The molecule has 1 heterocycles. The van der Waals surface area contributed by atoms with Crippen LogP contribution in [0.15, 0.2) is 18.2 Å². The number of aryl methyl sites for hydroxylation is 1. The fourth-order valence-corrected chi connectivity index (χ4v) is 2.51. The summed E-state index contributed by atoms with van der Waals surface area (Å²) in [5.74, 6) is 0. The van der Waals surface area contributed by atoms with Crippen LogP contribution in [-0.4, -0.2) is 26.2 Å². The third kappa shape index (κ3) is 2.50. The molecule has 2 nitrogen and oxygen atoms in total. The Bertz CT molecular complexity index is 357. The third-order valence-electron chi connectivity index (χ3n) is 3.35. The van der Waals surface area contributed by atoms with Gasteiger partial charge in [-0.15, -0.1) is 0 Å². The number of nitrogens with zero attached hydrogens (tertiary/aromatic N) is 1. The van der Waals surface area contributed by atoms with Crippen LogP contribution in [-0.2, 0) is 0 Å². The van der Waals surface area contributed by atoms with Crippen LogP contribution in [0.5, 0.6) is 0 Å². The SMILES string of the molecule is CNC1CCN(c2cc(C)ccc2Cl)CC1. The molecule has 1 aromatic carbocycles. The highest BCUT2D eigenvalue weighted by atomic mass is 35.5. The van der Waals surface area contributed by atoms with Crippen LogP contribution in [0.1, 0.15) is 18.4 Å². The Balaban J connectivity index is 2.10. The molecule has 1 aliphatic rings. The number of hydrogen-bond donors (Lipinski definition) is 1. The lowest BCUT2D eigenvalue weighted by molar-refractivity contribution is 0.442. The van der Waals surface area contributed by atoms with Crippen LogP contribution in [0.3, 0.4) is 0 Å². The zero-order valence-electron chi connectivity index (χ0n) is 9.96. The standard InChI is InChI=1S/C13H19ClN2/c1-10-3-4-12(14)13(9-10)16-7-5-11(15-2)6-8-16/h3-4,9,11,15H,5-8H2,1-2H3. The van der Waals surface area contributed by atoms with E-state index in [-0.39, 0.29) is 0 Å². The second-order valence-corrected chi connectivity index (χ2v) is 4.91. The number of benzene rings is 1. The minimum Gasteiger partial charge on any atom is -0.370 e. The first-order valence-electron chi connectivity index (χ1n) is 5.89. The molecule has 1 aliphatic heterocycles. The maximum atomic E-state index is 6.24. The number of halogens is 1. The van der Waals surface area contributed by atoms with Gasteiger partial charge in [0.15, 0.2) is 0 Å². The van der Waals surface area contributed by atoms with E-state index in [1.165, 1.54) is 24.1 Å². The summed E-state index contributed by atoms with van der Waals surface area (Å²) in [4.78, 5) is 2.39. The Hall–Kier alpha value is -0.730. The van der Waals surface area contributed by atoms with E-state index >= 15 is 0 Å². The molecule has 1 N–H and O–H groups in total. The summed E-state index contributed by atoms with van der Waals surface area (Å²) in [7, 11) is 2.04. The molecular weight excluding hydrogens is 220 g/mol. The number of hydrogen-bond acceptors (Lipinski definition) is 2. The van der Waals surface area contributed by atoms with Crippen molar-refractivity contribution in [2.24, 2.45) is 0 Å². The zero-order valence-corrected chi connectivity index (χ0v) is 10.7. The molecule has 0 bridgehead atoms. The Kier molecular flexibility index (Phi) is 3.72. The molecule has 0 unspecified atom stereocenters. The number of piperidine rings is 1. The Morgan fingerprint density at radius 1 is 1.31 bits per heavy atom. The highest BCUT2D eigenvalue weighted by molar-refractivity contribution is 6.33. The molecule has 0 radical (unpaired) electrons. The number of anilines is 1. The van der Waals surface area contributed by atoms with Gasteiger partial charge >= 0.3 is 0 Å². The lowest BCUT2D eigenvalue weighted by Crippen LogP contribution is -2.41. The molecule has 2 rings (SSSR count). The molecule has 1 saturated heterocycles. The minimum absolute atomic E-state index is 0.667. The van der Waals surface area contributed by atoms with Crippen molar-refractivity contribution in [2.75, 3.05) is 25.0 Å². The molecule has 0 aliphatic carbocycles. The van der Waals surface area contributed by atoms with Gasteiger partial charge in [0, 0.05) is 19.1 Å². The summed E-state index contributed by atoms with van der Waals surface area (Å²) in [6.07, 6.45) is 2.39. The summed E-state index contributed by atoms with van der Waals surface area (Å²) >= 11 is 6.24. The quantitative estimate of drug-likeness (QED) is 0.853.